The largest absolute Gasteiger partial charge is 0.392 e. The van der Waals surface area contributed by atoms with Gasteiger partial charge in [0, 0.05) is 0 Å². The second-order valence-electron chi connectivity index (χ2n) is 4.36. The first-order valence-electron chi connectivity index (χ1n) is 4.58. The number of fused-ring (bicyclic) bond motifs is 5. The molecule has 1 heterocycles. The fraction of sp³-hybridized carbons (Fsp3) is 0.600. The molecule has 2 bridgehead atoms. The van der Waals surface area contributed by atoms with Gasteiger partial charge in [-0.05, 0) is 25.2 Å². The zero-order valence-electron chi connectivity index (χ0n) is 7.32. The van der Waals surface area contributed by atoms with E-state index in [4.69, 9.17) is 4.74 Å². The highest BCUT2D eigenvalue weighted by Crippen LogP contribution is 2.59. The third kappa shape index (κ3) is 0.598. The number of carbonyl (C=O) groups excluding carboxylic acids is 2. The van der Waals surface area contributed by atoms with Gasteiger partial charge in [0.2, 0.25) is 0 Å². The van der Waals surface area contributed by atoms with Crippen molar-refractivity contribution in [3.05, 3.63) is 12.2 Å². The van der Waals surface area contributed by atoms with E-state index in [1.807, 2.05) is 6.92 Å². The van der Waals surface area contributed by atoms with Crippen molar-refractivity contribution in [3.63, 3.8) is 0 Å². The van der Waals surface area contributed by atoms with Gasteiger partial charge >= 0.3 is 11.9 Å². The first-order valence-corrected chi connectivity index (χ1v) is 4.58. The maximum absolute atomic E-state index is 11.5. The van der Waals surface area contributed by atoms with Crippen LogP contribution in [-0.4, -0.2) is 11.9 Å². The molecule has 2 fully saturated rings. The van der Waals surface area contributed by atoms with Crippen molar-refractivity contribution in [1.29, 1.82) is 0 Å². The summed E-state index contributed by atoms with van der Waals surface area (Å²) in [6, 6.07) is 0. The van der Waals surface area contributed by atoms with Crippen molar-refractivity contribution in [2.24, 2.45) is 23.2 Å². The summed E-state index contributed by atoms with van der Waals surface area (Å²) in [5.41, 5.74) is -0.545. The molecule has 0 aromatic carbocycles. The third-order valence-electron chi connectivity index (χ3n) is 3.85. The van der Waals surface area contributed by atoms with Crippen LogP contribution in [-0.2, 0) is 14.3 Å². The van der Waals surface area contributed by atoms with E-state index in [9.17, 15) is 9.59 Å². The average molecular weight is 178 g/mol. The van der Waals surface area contributed by atoms with E-state index < -0.39 is 5.41 Å². The van der Waals surface area contributed by atoms with E-state index in [-0.39, 0.29) is 29.7 Å². The van der Waals surface area contributed by atoms with Crippen LogP contribution in [0, 0.1) is 23.2 Å². The van der Waals surface area contributed by atoms with Gasteiger partial charge in [-0.25, -0.2) is 0 Å². The molecule has 3 aliphatic rings. The van der Waals surface area contributed by atoms with Gasteiger partial charge in [0.05, 0.1) is 11.3 Å². The Morgan fingerprint density at radius 3 is 2.92 bits per heavy atom. The molecule has 0 spiro atoms. The van der Waals surface area contributed by atoms with Gasteiger partial charge in [-0.15, -0.1) is 0 Å². The lowest BCUT2D eigenvalue weighted by Crippen LogP contribution is -2.34. The zero-order chi connectivity index (χ0) is 9.22. The Morgan fingerprint density at radius 1 is 1.46 bits per heavy atom. The van der Waals surface area contributed by atoms with Crippen molar-refractivity contribution in [1.82, 2.24) is 0 Å². The molecule has 0 radical (unpaired) electrons. The topological polar surface area (TPSA) is 43.4 Å². The van der Waals surface area contributed by atoms with Gasteiger partial charge in [-0.3, -0.25) is 9.59 Å². The molecule has 1 saturated carbocycles. The minimum atomic E-state index is -0.545. The van der Waals surface area contributed by atoms with Gasteiger partial charge < -0.3 is 4.74 Å². The molecule has 68 valence electrons. The van der Waals surface area contributed by atoms with E-state index in [2.05, 4.69) is 12.2 Å². The highest BCUT2D eigenvalue weighted by Gasteiger charge is 2.66. The maximum atomic E-state index is 11.5. The van der Waals surface area contributed by atoms with Crippen LogP contribution < -0.4 is 0 Å². The van der Waals surface area contributed by atoms with Crippen LogP contribution in [0.3, 0.4) is 0 Å². The lowest BCUT2D eigenvalue weighted by atomic mass is 9.72. The Hall–Kier alpha value is -1.12. The lowest BCUT2D eigenvalue weighted by molar-refractivity contribution is -0.156. The Morgan fingerprint density at radius 2 is 2.23 bits per heavy atom. The number of hydrogen-bond donors (Lipinski definition) is 0. The SMILES string of the molecule is C[C@]12C(=O)OC(=O)[C@@H]1[C@@H]1C=C[C@@H]2C1. The van der Waals surface area contributed by atoms with Gasteiger partial charge in [0.1, 0.15) is 0 Å². The molecule has 4 atom stereocenters. The summed E-state index contributed by atoms with van der Waals surface area (Å²) in [5.74, 6) is -0.367. The standard InChI is InChI=1S/C10H10O3/c1-10-6-3-2-5(4-6)7(10)8(11)13-9(10)12/h2-3,5-7H,4H2,1H3/t5-,6-,7+,10-/m1/s1. The van der Waals surface area contributed by atoms with Crippen LogP contribution in [0.4, 0.5) is 0 Å². The summed E-state index contributed by atoms with van der Waals surface area (Å²) in [6.07, 6.45) is 5.06. The average Bonchev–Trinajstić information content (AvgIpc) is 2.66. The lowest BCUT2D eigenvalue weighted by Gasteiger charge is -2.25. The van der Waals surface area contributed by atoms with E-state index in [0.717, 1.165) is 6.42 Å². The minimum absolute atomic E-state index is 0.199. The highest BCUT2D eigenvalue weighted by atomic mass is 16.6. The smallest absolute Gasteiger partial charge is 0.320 e. The summed E-state index contributed by atoms with van der Waals surface area (Å²) in [7, 11) is 0. The Labute approximate surface area is 75.8 Å². The van der Waals surface area contributed by atoms with Crippen molar-refractivity contribution in [2.45, 2.75) is 13.3 Å². The number of esters is 2. The van der Waals surface area contributed by atoms with Crippen LogP contribution in [0.5, 0.6) is 0 Å². The quantitative estimate of drug-likeness (QED) is 0.314. The molecule has 3 heteroatoms. The molecule has 1 saturated heterocycles. The molecule has 0 aromatic rings. The number of hydrogen-bond acceptors (Lipinski definition) is 3. The van der Waals surface area contributed by atoms with E-state index in [1.165, 1.54) is 0 Å². The molecule has 1 aliphatic heterocycles. The predicted molar refractivity (Wildman–Crippen MR) is 43.4 cm³/mol. The summed E-state index contributed by atoms with van der Waals surface area (Å²) in [4.78, 5) is 22.9. The molecule has 0 amide bonds. The summed E-state index contributed by atoms with van der Waals surface area (Å²) >= 11 is 0. The fourth-order valence-corrected chi connectivity index (χ4v) is 3.06. The number of carbonyl (C=O) groups is 2. The Balaban J connectivity index is 2.17. The molecular formula is C10H10O3. The molecule has 0 N–H and O–H groups in total. The molecule has 13 heavy (non-hydrogen) atoms. The van der Waals surface area contributed by atoms with Crippen LogP contribution >= 0.6 is 0 Å². The van der Waals surface area contributed by atoms with Crippen LogP contribution in [0.2, 0.25) is 0 Å². The van der Waals surface area contributed by atoms with Crippen molar-refractivity contribution in [3.8, 4) is 0 Å². The summed E-state index contributed by atoms with van der Waals surface area (Å²) < 4.78 is 4.69. The van der Waals surface area contributed by atoms with Gasteiger partial charge in [-0.2, -0.15) is 0 Å². The van der Waals surface area contributed by atoms with Crippen molar-refractivity contribution in [2.75, 3.05) is 0 Å². The minimum Gasteiger partial charge on any atom is -0.392 e. The number of allylic oxidation sites excluding steroid dienone is 2. The molecule has 2 aliphatic carbocycles. The number of rotatable bonds is 0. The predicted octanol–water partition coefficient (Wildman–Crippen LogP) is 0.898. The van der Waals surface area contributed by atoms with Crippen LogP contribution in [0.15, 0.2) is 12.2 Å². The van der Waals surface area contributed by atoms with Gasteiger partial charge in [0.25, 0.3) is 0 Å². The van der Waals surface area contributed by atoms with E-state index >= 15 is 0 Å². The van der Waals surface area contributed by atoms with E-state index in [0.29, 0.717) is 0 Å². The van der Waals surface area contributed by atoms with Crippen LogP contribution in [0.1, 0.15) is 13.3 Å². The van der Waals surface area contributed by atoms with Gasteiger partial charge in [-0.1, -0.05) is 12.2 Å². The maximum Gasteiger partial charge on any atom is 0.320 e. The van der Waals surface area contributed by atoms with Crippen molar-refractivity contribution >= 4 is 11.9 Å². The second kappa shape index (κ2) is 1.86. The molecule has 0 aromatic heterocycles. The number of ether oxygens (including phenoxy) is 1. The van der Waals surface area contributed by atoms with Crippen LogP contribution in [0.25, 0.3) is 0 Å². The van der Waals surface area contributed by atoms with Crippen molar-refractivity contribution < 1.29 is 14.3 Å². The first-order chi connectivity index (χ1) is 6.14. The summed E-state index contributed by atoms with van der Waals surface area (Å²) in [5, 5.41) is 0. The fourth-order valence-electron chi connectivity index (χ4n) is 3.06. The number of cyclic esters (lactones) is 2. The molecular weight excluding hydrogens is 168 g/mol. The molecule has 3 rings (SSSR count). The normalized spacial score (nSPS) is 51.3. The van der Waals surface area contributed by atoms with E-state index in [1.54, 1.807) is 0 Å². The van der Waals surface area contributed by atoms with Gasteiger partial charge in [0.15, 0.2) is 0 Å². The molecule has 0 unspecified atom stereocenters. The Kier molecular flexibility index (Phi) is 1.05. The second-order valence-corrected chi connectivity index (χ2v) is 4.36. The highest BCUT2D eigenvalue weighted by molar-refractivity contribution is 6.00. The third-order valence-corrected chi connectivity index (χ3v) is 3.85. The first kappa shape index (κ1) is 7.30. The Bertz CT molecular complexity index is 344. The monoisotopic (exact) mass is 178 g/mol. The zero-order valence-corrected chi connectivity index (χ0v) is 7.32. The summed E-state index contributed by atoms with van der Waals surface area (Å²) in [6.45, 7) is 1.86. The molecule has 3 nitrogen and oxygen atoms in total.